The van der Waals surface area contributed by atoms with E-state index < -0.39 is 5.54 Å². The van der Waals surface area contributed by atoms with Crippen molar-refractivity contribution in [2.24, 2.45) is 5.73 Å². The number of benzene rings is 2. The molecule has 0 spiro atoms. The number of aromatic nitrogens is 2. The van der Waals surface area contributed by atoms with Crippen LogP contribution in [0.1, 0.15) is 42.2 Å². The second kappa shape index (κ2) is 7.90. The van der Waals surface area contributed by atoms with Crippen molar-refractivity contribution < 1.29 is 4.42 Å². The van der Waals surface area contributed by atoms with Crippen molar-refractivity contribution in [1.82, 2.24) is 10.2 Å². The highest BCUT2D eigenvalue weighted by molar-refractivity contribution is 7.16. The zero-order chi connectivity index (χ0) is 17.7. The lowest BCUT2D eigenvalue weighted by Gasteiger charge is -2.18. The summed E-state index contributed by atoms with van der Waals surface area (Å²) in [4.78, 5) is 0. The van der Waals surface area contributed by atoms with E-state index in [4.69, 9.17) is 10.2 Å². The van der Waals surface area contributed by atoms with Gasteiger partial charge in [0.25, 0.3) is 0 Å². The van der Waals surface area contributed by atoms with E-state index in [-0.39, 0.29) is 0 Å². The standard InChI is InChI=1S/C20H24N3OP/c1-20(21,14-25)19-23-22-18(24-19)13-12-17(15-8-4-2-5-9-15)16-10-6-3-7-11-16/h2-11,17H,12-14,21,25H2,1H3/t20-/m1/s1. The fourth-order valence-electron chi connectivity index (χ4n) is 2.84. The molecular formula is C20H24N3OP. The summed E-state index contributed by atoms with van der Waals surface area (Å²) in [5, 5.41) is 8.31. The van der Waals surface area contributed by atoms with Gasteiger partial charge in [0.15, 0.2) is 0 Å². The van der Waals surface area contributed by atoms with E-state index in [1.165, 1.54) is 11.1 Å². The molecule has 0 saturated carbocycles. The summed E-state index contributed by atoms with van der Waals surface area (Å²) >= 11 is 0. The maximum atomic E-state index is 6.17. The van der Waals surface area contributed by atoms with Crippen molar-refractivity contribution in [2.75, 3.05) is 6.16 Å². The highest BCUT2D eigenvalue weighted by Gasteiger charge is 2.26. The van der Waals surface area contributed by atoms with Crippen LogP contribution in [-0.2, 0) is 12.0 Å². The van der Waals surface area contributed by atoms with Crippen molar-refractivity contribution in [1.29, 1.82) is 0 Å². The zero-order valence-corrected chi connectivity index (χ0v) is 15.6. The summed E-state index contributed by atoms with van der Waals surface area (Å²) in [6, 6.07) is 21.1. The summed E-state index contributed by atoms with van der Waals surface area (Å²) in [6.45, 7) is 1.90. The number of nitrogens with zero attached hydrogens (tertiary/aromatic N) is 2. The van der Waals surface area contributed by atoms with Gasteiger partial charge in [-0.1, -0.05) is 60.7 Å². The first kappa shape index (κ1) is 17.8. The Morgan fingerprint density at radius 2 is 1.56 bits per heavy atom. The maximum absolute atomic E-state index is 6.17. The molecule has 2 atom stereocenters. The van der Waals surface area contributed by atoms with Crippen LogP contribution in [0.15, 0.2) is 65.1 Å². The van der Waals surface area contributed by atoms with Crippen LogP contribution in [0.2, 0.25) is 0 Å². The normalized spacial score (nSPS) is 13.8. The quantitative estimate of drug-likeness (QED) is 0.655. The predicted octanol–water partition coefficient (Wildman–Crippen LogP) is 3.88. The lowest BCUT2D eigenvalue weighted by molar-refractivity contribution is 0.361. The van der Waals surface area contributed by atoms with Crippen LogP contribution in [0, 0.1) is 0 Å². The fraction of sp³-hybridized carbons (Fsp3) is 0.300. The smallest absolute Gasteiger partial charge is 0.236 e. The third-order valence-electron chi connectivity index (χ3n) is 4.43. The lowest BCUT2D eigenvalue weighted by atomic mass is 9.87. The fourth-order valence-corrected chi connectivity index (χ4v) is 3.01. The van der Waals surface area contributed by atoms with Crippen LogP contribution in [-0.4, -0.2) is 16.4 Å². The van der Waals surface area contributed by atoms with Gasteiger partial charge in [-0.25, -0.2) is 0 Å². The van der Waals surface area contributed by atoms with Gasteiger partial charge in [0, 0.05) is 12.3 Å². The summed E-state index contributed by atoms with van der Waals surface area (Å²) in [7, 11) is 2.63. The molecule has 4 nitrogen and oxygen atoms in total. The molecule has 2 N–H and O–H groups in total. The van der Waals surface area contributed by atoms with Gasteiger partial charge in [0.05, 0.1) is 5.54 Å². The molecule has 3 aromatic rings. The summed E-state index contributed by atoms with van der Waals surface area (Å²) in [5.74, 6) is 1.43. The van der Waals surface area contributed by atoms with Gasteiger partial charge in [-0.2, -0.15) is 0 Å². The van der Waals surface area contributed by atoms with Crippen molar-refractivity contribution in [3.8, 4) is 0 Å². The van der Waals surface area contributed by atoms with Crippen molar-refractivity contribution in [3.05, 3.63) is 83.6 Å². The number of rotatable bonds is 7. The molecule has 0 aliphatic heterocycles. The minimum Gasteiger partial charge on any atom is -0.423 e. The van der Waals surface area contributed by atoms with Crippen LogP contribution in [0.25, 0.3) is 0 Å². The van der Waals surface area contributed by atoms with Gasteiger partial charge < -0.3 is 10.2 Å². The van der Waals surface area contributed by atoms with Crippen LogP contribution in [0.5, 0.6) is 0 Å². The number of hydrogen-bond acceptors (Lipinski definition) is 4. The Kier molecular flexibility index (Phi) is 5.62. The number of nitrogens with two attached hydrogens (primary N) is 1. The van der Waals surface area contributed by atoms with E-state index >= 15 is 0 Å². The zero-order valence-electron chi connectivity index (χ0n) is 14.4. The van der Waals surface area contributed by atoms with Gasteiger partial charge in [-0.15, -0.1) is 19.4 Å². The largest absolute Gasteiger partial charge is 0.423 e. The molecular weight excluding hydrogens is 329 g/mol. The molecule has 0 aliphatic carbocycles. The molecule has 1 unspecified atom stereocenters. The van der Waals surface area contributed by atoms with E-state index in [9.17, 15) is 0 Å². The third kappa shape index (κ3) is 4.33. The second-order valence-corrected chi connectivity index (χ2v) is 6.94. The van der Waals surface area contributed by atoms with Gasteiger partial charge in [0.2, 0.25) is 11.8 Å². The van der Waals surface area contributed by atoms with Crippen LogP contribution >= 0.6 is 9.24 Å². The van der Waals surface area contributed by atoms with E-state index in [1.54, 1.807) is 0 Å². The summed E-state index contributed by atoms with van der Waals surface area (Å²) < 4.78 is 5.80. The van der Waals surface area contributed by atoms with Gasteiger partial charge in [0.1, 0.15) is 0 Å². The Morgan fingerprint density at radius 3 is 2.08 bits per heavy atom. The summed E-state index contributed by atoms with van der Waals surface area (Å²) in [6.07, 6.45) is 2.29. The predicted molar refractivity (Wildman–Crippen MR) is 103 cm³/mol. The highest BCUT2D eigenvalue weighted by Crippen LogP contribution is 2.29. The average Bonchev–Trinajstić information content (AvgIpc) is 3.14. The monoisotopic (exact) mass is 353 g/mol. The topological polar surface area (TPSA) is 64.9 Å². The Morgan fingerprint density at radius 1 is 1.00 bits per heavy atom. The minimum absolute atomic E-state index is 0.295. The Hall–Kier alpha value is -2.03. The van der Waals surface area contributed by atoms with Crippen molar-refractivity contribution >= 4 is 9.24 Å². The van der Waals surface area contributed by atoms with Crippen molar-refractivity contribution in [3.63, 3.8) is 0 Å². The molecule has 0 amide bonds. The molecule has 1 aromatic heterocycles. The SMILES string of the molecule is C[C@@](N)(CP)c1nnc(CCC(c2ccccc2)c2ccccc2)o1. The Bertz CT molecular complexity index is 747. The van der Waals surface area contributed by atoms with Gasteiger partial charge in [-0.05, 0) is 30.6 Å². The molecule has 0 aliphatic rings. The van der Waals surface area contributed by atoms with Gasteiger partial charge >= 0.3 is 0 Å². The highest BCUT2D eigenvalue weighted by atomic mass is 31.0. The number of aryl methyl sites for hydroxylation is 1. The first-order chi connectivity index (χ1) is 12.1. The Labute approximate surface area is 151 Å². The minimum atomic E-state index is -0.603. The van der Waals surface area contributed by atoms with Crippen LogP contribution < -0.4 is 5.73 Å². The van der Waals surface area contributed by atoms with E-state index in [0.717, 1.165) is 6.42 Å². The first-order valence-corrected chi connectivity index (χ1v) is 9.33. The molecule has 3 rings (SSSR count). The Balaban J connectivity index is 1.78. The van der Waals surface area contributed by atoms with E-state index in [0.29, 0.717) is 30.3 Å². The molecule has 0 bridgehead atoms. The van der Waals surface area contributed by atoms with Gasteiger partial charge in [-0.3, -0.25) is 0 Å². The number of hydrogen-bond donors (Lipinski definition) is 1. The molecule has 25 heavy (non-hydrogen) atoms. The first-order valence-electron chi connectivity index (χ1n) is 8.52. The molecule has 1 heterocycles. The maximum Gasteiger partial charge on any atom is 0.236 e. The molecule has 0 radical (unpaired) electrons. The van der Waals surface area contributed by atoms with E-state index in [2.05, 4.69) is 68.0 Å². The molecule has 130 valence electrons. The average molecular weight is 353 g/mol. The van der Waals surface area contributed by atoms with Crippen LogP contribution in [0.3, 0.4) is 0 Å². The molecule has 2 aromatic carbocycles. The molecule has 0 saturated heterocycles. The third-order valence-corrected chi connectivity index (χ3v) is 5.28. The lowest BCUT2D eigenvalue weighted by Crippen LogP contribution is -2.35. The van der Waals surface area contributed by atoms with Crippen LogP contribution in [0.4, 0.5) is 0 Å². The summed E-state index contributed by atoms with van der Waals surface area (Å²) in [5.41, 5.74) is 8.16. The second-order valence-electron chi connectivity index (χ2n) is 6.54. The van der Waals surface area contributed by atoms with E-state index in [1.807, 2.05) is 19.1 Å². The molecule has 5 heteroatoms. The molecule has 0 fully saturated rings. The van der Waals surface area contributed by atoms with Crippen molar-refractivity contribution in [2.45, 2.75) is 31.2 Å².